The summed E-state index contributed by atoms with van der Waals surface area (Å²) < 4.78 is 12.6. The molecule has 12 aromatic rings. The first-order valence-corrected chi connectivity index (χ1v) is 19.4. The minimum atomic E-state index is 0.596. The van der Waals surface area contributed by atoms with Crippen molar-refractivity contribution in [3.8, 4) is 56.4 Å². The summed E-state index contributed by atoms with van der Waals surface area (Å²) in [6.07, 6.45) is 0. The Bertz CT molecular complexity index is 3580. The summed E-state index contributed by atoms with van der Waals surface area (Å²) in [5.74, 6) is 1.80. The molecule has 0 saturated carbocycles. The Kier molecular flexibility index (Phi) is 7.16. The minimum Gasteiger partial charge on any atom is -0.456 e. The molecular weight excluding hydrogens is 711 g/mol. The van der Waals surface area contributed by atoms with E-state index >= 15 is 0 Å². The highest BCUT2D eigenvalue weighted by Gasteiger charge is 2.18. The number of benzene rings is 9. The molecule has 0 saturated heterocycles. The summed E-state index contributed by atoms with van der Waals surface area (Å²) in [7, 11) is 0. The van der Waals surface area contributed by atoms with Crippen LogP contribution < -0.4 is 0 Å². The number of para-hydroxylation sites is 1. The van der Waals surface area contributed by atoms with Gasteiger partial charge in [0, 0.05) is 38.2 Å². The molecule has 3 heterocycles. The quantitative estimate of drug-likeness (QED) is 0.164. The monoisotopic (exact) mass is 741 g/mol. The molecule has 0 amide bonds. The predicted molar refractivity (Wildman–Crippen MR) is 237 cm³/mol. The van der Waals surface area contributed by atoms with Crippen LogP contribution in [0.4, 0.5) is 0 Å². The Labute approximate surface area is 332 Å². The molecule has 0 atom stereocenters. The first-order chi connectivity index (χ1) is 28.7. The highest BCUT2D eigenvalue weighted by atomic mass is 16.3. The van der Waals surface area contributed by atoms with Crippen LogP contribution in [0.15, 0.2) is 197 Å². The Balaban J connectivity index is 0.993. The Morgan fingerprint density at radius 3 is 1.64 bits per heavy atom. The van der Waals surface area contributed by atoms with E-state index in [1.165, 1.54) is 27.1 Å². The Morgan fingerprint density at radius 2 is 0.793 bits per heavy atom. The maximum atomic E-state index is 6.49. The molecule has 5 heteroatoms. The molecule has 0 aliphatic carbocycles. The van der Waals surface area contributed by atoms with Crippen molar-refractivity contribution in [2.24, 2.45) is 0 Å². The molecule has 270 valence electrons. The summed E-state index contributed by atoms with van der Waals surface area (Å²) in [4.78, 5) is 15.2. The number of furan rings is 2. The van der Waals surface area contributed by atoms with Gasteiger partial charge in [-0.25, -0.2) is 15.0 Å². The lowest BCUT2D eigenvalue weighted by atomic mass is 9.95. The van der Waals surface area contributed by atoms with Crippen molar-refractivity contribution in [1.29, 1.82) is 0 Å². The smallest absolute Gasteiger partial charge is 0.164 e. The van der Waals surface area contributed by atoms with Crippen molar-refractivity contribution in [2.75, 3.05) is 0 Å². The van der Waals surface area contributed by atoms with Crippen LogP contribution >= 0.6 is 0 Å². The molecule has 58 heavy (non-hydrogen) atoms. The van der Waals surface area contributed by atoms with E-state index in [2.05, 4.69) is 127 Å². The van der Waals surface area contributed by atoms with Crippen LogP contribution in [0.2, 0.25) is 0 Å². The fourth-order valence-electron chi connectivity index (χ4n) is 8.47. The van der Waals surface area contributed by atoms with Gasteiger partial charge in [-0.3, -0.25) is 0 Å². The van der Waals surface area contributed by atoms with Gasteiger partial charge in [0.2, 0.25) is 0 Å². The largest absolute Gasteiger partial charge is 0.456 e. The van der Waals surface area contributed by atoms with Crippen LogP contribution in [0.25, 0.3) is 122 Å². The van der Waals surface area contributed by atoms with Crippen LogP contribution in [-0.4, -0.2) is 15.0 Å². The summed E-state index contributed by atoms with van der Waals surface area (Å²) in [5, 5.41) is 9.20. The van der Waals surface area contributed by atoms with E-state index in [9.17, 15) is 0 Å². The average Bonchev–Trinajstić information content (AvgIpc) is 3.87. The normalized spacial score (nSPS) is 11.8. The SMILES string of the molecule is c1ccc(-c2nc(-c3cccc(-c4cccc5oc6ccc(-c7ccc8ccc9ccccc9c8c7)cc6c45)c3)nc(-c3ccc4oc5ccccc5c4c3)n2)cc1. The van der Waals surface area contributed by atoms with Crippen LogP contribution in [0.3, 0.4) is 0 Å². The first kappa shape index (κ1) is 32.4. The zero-order chi connectivity index (χ0) is 38.2. The summed E-state index contributed by atoms with van der Waals surface area (Å²) >= 11 is 0. The second-order valence-corrected chi connectivity index (χ2v) is 14.8. The van der Waals surface area contributed by atoms with E-state index in [4.69, 9.17) is 23.8 Å². The molecule has 9 aromatic carbocycles. The highest BCUT2D eigenvalue weighted by molar-refractivity contribution is 6.14. The topological polar surface area (TPSA) is 65.0 Å². The minimum absolute atomic E-state index is 0.596. The number of fused-ring (bicyclic) bond motifs is 9. The van der Waals surface area contributed by atoms with Gasteiger partial charge in [-0.2, -0.15) is 0 Å². The van der Waals surface area contributed by atoms with E-state index in [1.807, 2.05) is 60.7 Å². The molecule has 0 N–H and O–H groups in total. The fraction of sp³-hybridized carbons (Fsp3) is 0. The molecule has 0 aliphatic rings. The van der Waals surface area contributed by atoms with Crippen molar-refractivity contribution < 1.29 is 8.83 Å². The van der Waals surface area contributed by atoms with Gasteiger partial charge >= 0.3 is 0 Å². The van der Waals surface area contributed by atoms with Gasteiger partial charge in [0.1, 0.15) is 22.3 Å². The lowest BCUT2D eigenvalue weighted by molar-refractivity contribution is 0.668. The lowest BCUT2D eigenvalue weighted by Gasteiger charge is -2.10. The van der Waals surface area contributed by atoms with E-state index in [0.29, 0.717) is 17.5 Å². The summed E-state index contributed by atoms with van der Waals surface area (Å²) in [5.41, 5.74) is 10.5. The first-order valence-electron chi connectivity index (χ1n) is 19.4. The Hall–Kier alpha value is -7.89. The predicted octanol–water partition coefficient (Wildman–Crippen LogP) is 14.3. The Morgan fingerprint density at radius 1 is 0.276 bits per heavy atom. The second kappa shape index (κ2) is 12.8. The van der Waals surface area contributed by atoms with Gasteiger partial charge in [0.25, 0.3) is 0 Å². The fourth-order valence-corrected chi connectivity index (χ4v) is 8.47. The number of nitrogens with zero attached hydrogens (tertiary/aromatic N) is 3. The van der Waals surface area contributed by atoms with Gasteiger partial charge in [-0.15, -0.1) is 0 Å². The summed E-state index contributed by atoms with van der Waals surface area (Å²) in [6.45, 7) is 0. The molecule has 0 fully saturated rings. The van der Waals surface area contributed by atoms with Crippen LogP contribution in [-0.2, 0) is 0 Å². The summed E-state index contributed by atoms with van der Waals surface area (Å²) in [6, 6.07) is 65.3. The third-order valence-electron chi connectivity index (χ3n) is 11.3. The molecule has 12 rings (SSSR count). The van der Waals surface area contributed by atoms with Gasteiger partial charge in [0.05, 0.1) is 0 Å². The number of aromatic nitrogens is 3. The molecular formula is C53H31N3O2. The van der Waals surface area contributed by atoms with E-state index in [0.717, 1.165) is 77.3 Å². The van der Waals surface area contributed by atoms with Gasteiger partial charge in [-0.05, 0) is 98.4 Å². The van der Waals surface area contributed by atoms with Gasteiger partial charge < -0.3 is 8.83 Å². The lowest BCUT2D eigenvalue weighted by Crippen LogP contribution is -2.00. The van der Waals surface area contributed by atoms with Crippen molar-refractivity contribution in [1.82, 2.24) is 15.0 Å². The standard InChI is InChI=1S/C53H31N3O2/c1-2-11-34(12-3-1)51-54-52(56-53(55-51)39-25-27-47-44(31-39)42-16-6-7-18-46(42)57-47)38-14-8-13-37(28-38)41-17-9-19-49-50(41)45-30-36(24-26-48(45)58-49)35-23-22-33-21-20-32-10-4-5-15-40(32)43(33)29-35/h1-31H. The highest BCUT2D eigenvalue weighted by Crippen LogP contribution is 2.40. The van der Waals surface area contributed by atoms with Crippen LogP contribution in [0.1, 0.15) is 0 Å². The molecule has 3 aromatic heterocycles. The van der Waals surface area contributed by atoms with Crippen molar-refractivity contribution >= 4 is 65.4 Å². The third kappa shape index (κ3) is 5.29. The molecule has 0 unspecified atom stereocenters. The van der Waals surface area contributed by atoms with Crippen molar-refractivity contribution in [2.45, 2.75) is 0 Å². The zero-order valence-electron chi connectivity index (χ0n) is 31.1. The van der Waals surface area contributed by atoms with Gasteiger partial charge in [-0.1, -0.05) is 133 Å². The zero-order valence-corrected chi connectivity index (χ0v) is 31.1. The van der Waals surface area contributed by atoms with Crippen molar-refractivity contribution in [3.63, 3.8) is 0 Å². The maximum absolute atomic E-state index is 6.49. The maximum Gasteiger partial charge on any atom is 0.164 e. The molecule has 0 aliphatic heterocycles. The van der Waals surface area contributed by atoms with Gasteiger partial charge in [0.15, 0.2) is 17.5 Å². The number of rotatable bonds is 5. The third-order valence-corrected chi connectivity index (χ3v) is 11.3. The number of hydrogen-bond acceptors (Lipinski definition) is 5. The molecule has 0 spiro atoms. The van der Waals surface area contributed by atoms with Crippen LogP contribution in [0, 0.1) is 0 Å². The van der Waals surface area contributed by atoms with Crippen LogP contribution in [0.5, 0.6) is 0 Å². The molecule has 5 nitrogen and oxygen atoms in total. The van der Waals surface area contributed by atoms with Crippen molar-refractivity contribution in [3.05, 3.63) is 188 Å². The average molecular weight is 742 g/mol. The number of hydrogen-bond donors (Lipinski definition) is 0. The second-order valence-electron chi connectivity index (χ2n) is 14.8. The molecule has 0 radical (unpaired) electrons. The van der Waals surface area contributed by atoms with E-state index in [-0.39, 0.29) is 0 Å². The molecule has 0 bridgehead atoms. The van der Waals surface area contributed by atoms with E-state index in [1.54, 1.807) is 0 Å². The van der Waals surface area contributed by atoms with E-state index < -0.39 is 0 Å².